The van der Waals surface area contributed by atoms with Gasteiger partial charge in [0.2, 0.25) is 0 Å². The number of benzene rings is 2. The highest BCUT2D eigenvalue weighted by molar-refractivity contribution is 5.91. The molecule has 1 aromatic heterocycles. The Kier molecular flexibility index (Phi) is 8.03. The zero-order valence-electron chi connectivity index (χ0n) is 19.7. The van der Waals surface area contributed by atoms with E-state index in [9.17, 15) is 32.7 Å². The fourth-order valence-corrected chi connectivity index (χ4v) is 3.56. The van der Waals surface area contributed by atoms with Crippen molar-refractivity contribution >= 4 is 17.7 Å². The summed E-state index contributed by atoms with van der Waals surface area (Å²) >= 11 is 0. The van der Waals surface area contributed by atoms with Crippen LogP contribution in [0.2, 0.25) is 0 Å². The molecule has 0 bridgehead atoms. The summed E-state index contributed by atoms with van der Waals surface area (Å²) in [7, 11) is 1.45. The number of pyridine rings is 1. The number of aryl methyl sites for hydroxylation is 1. The van der Waals surface area contributed by atoms with Crippen molar-refractivity contribution in [1.82, 2.24) is 9.88 Å². The van der Waals surface area contributed by atoms with Crippen molar-refractivity contribution in [3.63, 3.8) is 0 Å². The summed E-state index contributed by atoms with van der Waals surface area (Å²) < 4.78 is 48.3. The maximum Gasteiger partial charge on any atom is 0.319 e. The Morgan fingerprint density at radius 2 is 1.81 bits per heavy atom. The number of hydrogen-bond donors (Lipinski definition) is 3. The van der Waals surface area contributed by atoms with Gasteiger partial charge in [0.1, 0.15) is 23.2 Å². The van der Waals surface area contributed by atoms with Gasteiger partial charge in [-0.15, -0.1) is 0 Å². The van der Waals surface area contributed by atoms with Crippen LogP contribution in [0.4, 0.5) is 23.7 Å². The van der Waals surface area contributed by atoms with Gasteiger partial charge in [-0.05, 0) is 55.3 Å². The molecular formula is C25H24F3N3O5. The van der Waals surface area contributed by atoms with E-state index >= 15 is 0 Å². The van der Waals surface area contributed by atoms with E-state index < -0.39 is 58.9 Å². The molecule has 0 fully saturated rings. The van der Waals surface area contributed by atoms with E-state index in [1.165, 1.54) is 23.7 Å². The van der Waals surface area contributed by atoms with Gasteiger partial charge in [-0.25, -0.2) is 18.0 Å². The summed E-state index contributed by atoms with van der Waals surface area (Å²) in [6.45, 7) is 3.23. The molecule has 3 rings (SSSR count). The second-order valence-electron chi connectivity index (χ2n) is 7.97. The first kappa shape index (κ1) is 26.3. The van der Waals surface area contributed by atoms with Crippen molar-refractivity contribution in [3.8, 4) is 16.9 Å². The summed E-state index contributed by atoms with van der Waals surface area (Å²) in [6, 6.07) is 5.34. The minimum absolute atomic E-state index is 0.0450. The maximum absolute atomic E-state index is 14.5. The van der Waals surface area contributed by atoms with Gasteiger partial charge >= 0.3 is 12.0 Å². The molecule has 0 aliphatic rings. The third kappa shape index (κ3) is 6.04. The largest absolute Gasteiger partial charge is 0.505 e. The molecule has 1 heterocycles. The number of nitrogens with zero attached hydrogens (tertiary/aromatic N) is 1. The number of aromatic nitrogens is 1. The van der Waals surface area contributed by atoms with Gasteiger partial charge in [-0.2, -0.15) is 0 Å². The minimum atomic E-state index is -1.17. The predicted octanol–water partition coefficient (Wildman–Crippen LogP) is 4.30. The Bertz CT molecular complexity index is 1370. The van der Waals surface area contributed by atoms with Gasteiger partial charge in [-0.1, -0.05) is 0 Å². The molecular weight excluding hydrogens is 479 g/mol. The molecule has 36 heavy (non-hydrogen) atoms. The molecule has 11 heteroatoms. The number of anilines is 1. The molecule has 3 N–H and O–H groups in total. The van der Waals surface area contributed by atoms with E-state index in [0.29, 0.717) is 11.8 Å². The quantitative estimate of drug-likeness (QED) is 0.417. The zero-order valence-corrected chi connectivity index (χ0v) is 19.7. The fraction of sp³-hybridized carbons (Fsp3) is 0.240. The molecule has 0 aliphatic heterocycles. The lowest BCUT2D eigenvalue weighted by Gasteiger charge is -2.20. The summed E-state index contributed by atoms with van der Waals surface area (Å²) in [5.74, 6) is -3.71. The van der Waals surface area contributed by atoms with Gasteiger partial charge in [0, 0.05) is 30.4 Å². The Hall–Kier alpha value is -4.28. The first-order chi connectivity index (χ1) is 17.0. The lowest BCUT2D eigenvalue weighted by molar-refractivity contribution is -0.143. The highest BCUT2D eigenvalue weighted by Crippen LogP contribution is 2.29. The number of nitrogens with one attached hydrogen (secondary N) is 2. The predicted molar refractivity (Wildman–Crippen MR) is 126 cm³/mol. The molecule has 190 valence electrons. The van der Waals surface area contributed by atoms with Crippen LogP contribution in [0.1, 0.15) is 30.6 Å². The average molecular weight is 503 g/mol. The first-order valence-electron chi connectivity index (χ1n) is 10.9. The number of ether oxygens (including phenoxy) is 1. The maximum atomic E-state index is 14.5. The molecule has 0 radical (unpaired) electrons. The van der Waals surface area contributed by atoms with Crippen LogP contribution in [0.15, 0.2) is 47.3 Å². The van der Waals surface area contributed by atoms with E-state index in [4.69, 9.17) is 4.74 Å². The Balaban J connectivity index is 1.97. The molecule has 0 aliphatic carbocycles. The summed E-state index contributed by atoms with van der Waals surface area (Å²) in [5.41, 5.74) is -0.594. The fourth-order valence-electron chi connectivity index (χ4n) is 3.56. The van der Waals surface area contributed by atoms with Gasteiger partial charge in [-0.3, -0.25) is 9.59 Å². The monoisotopic (exact) mass is 503 g/mol. The topological polar surface area (TPSA) is 110 Å². The van der Waals surface area contributed by atoms with Crippen LogP contribution in [0.5, 0.6) is 5.75 Å². The van der Waals surface area contributed by atoms with Crippen LogP contribution < -0.4 is 16.2 Å². The molecule has 0 unspecified atom stereocenters. The van der Waals surface area contributed by atoms with Gasteiger partial charge in [0.25, 0.3) is 5.56 Å². The number of halogens is 3. The Labute approximate surface area is 204 Å². The number of rotatable bonds is 7. The number of carbonyl (C=O) groups excluding carboxylic acids is 2. The normalized spacial score (nSPS) is 11.6. The van der Waals surface area contributed by atoms with Gasteiger partial charge in [0.05, 0.1) is 19.1 Å². The van der Waals surface area contributed by atoms with Crippen LogP contribution in [-0.2, 0) is 16.6 Å². The number of hydrogen-bond acceptors (Lipinski definition) is 5. The Morgan fingerprint density at radius 3 is 2.47 bits per heavy atom. The third-order valence-corrected chi connectivity index (χ3v) is 5.43. The highest BCUT2D eigenvalue weighted by Gasteiger charge is 2.23. The first-order valence-corrected chi connectivity index (χ1v) is 10.9. The summed E-state index contributed by atoms with van der Waals surface area (Å²) in [6.07, 6.45) is -0.423. The van der Waals surface area contributed by atoms with Crippen molar-refractivity contribution in [1.29, 1.82) is 0 Å². The highest BCUT2D eigenvalue weighted by atomic mass is 19.1. The van der Waals surface area contributed by atoms with Crippen molar-refractivity contribution < 1.29 is 32.6 Å². The van der Waals surface area contributed by atoms with Crippen LogP contribution >= 0.6 is 0 Å². The van der Waals surface area contributed by atoms with Crippen LogP contribution in [-0.4, -0.2) is 28.3 Å². The smallest absolute Gasteiger partial charge is 0.319 e. The van der Waals surface area contributed by atoms with Crippen LogP contribution in [0, 0.1) is 24.4 Å². The number of urea groups is 1. The molecule has 0 saturated heterocycles. The molecule has 2 aromatic carbocycles. The molecule has 2 amide bonds. The third-order valence-electron chi connectivity index (χ3n) is 5.43. The van der Waals surface area contributed by atoms with Crippen molar-refractivity contribution in [3.05, 3.63) is 81.5 Å². The lowest BCUT2D eigenvalue weighted by atomic mass is 9.97. The average Bonchev–Trinajstić information content (AvgIpc) is 2.80. The van der Waals surface area contributed by atoms with E-state index in [0.717, 1.165) is 24.3 Å². The van der Waals surface area contributed by atoms with Gasteiger partial charge < -0.3 is 25.0 Å². The van der Waals surface area contributed by atoms with Crippen molar-refractivity contribution in [2.45, 2.75) is 26.3 Å². The number of carbonyl (C=O) groups is 2. The summed E-state index contributed by atoms with van der Waals surface area (Å²) in [5, 5.41) is 14.8. The van der Waals surface area contributed by atoms with E-state index in [1.54, 1.807) is 13.8 Å². The van der Waals surface area contributed by atoms with Crippen molar-refractivity contribution in [2.24, 2.45) is 7.05 Å². The zero-order chi connectivity index (χ0) is 26.6. The van der Waals surface area contributed by atoms with Crippen molar-refractivity contribution in [2.75, 3.05) is 11.9 Å². The van der Waals surface area contributed by atoms with Crippen LogP contribution in [0.25, 0.3) is 11.1 Å². The number of amides is 2. The molecule has 0 spiro atoms. The molecule has 1 atom stereocenters. The second kappa shape index (κ2) is 11.0. The van der Waals surface area contributed by atoms with Gasteiger partial charge in [0.15, 0.2) is 5.69 Å². The molecule has 3 aromatic rings. The van der Waals surface area contributed by atoms with E-state index in [1.807, 2.05) is 0 Å². The number of aromatic hydroxyl groups is 1. The van der Waals surface area contributed by atoms with Crippen LogP contribution in [0.3, 0.4) is 0 Å². The minimum Gasteiger partial charge on any atom is -0.505 e. The summed E-state index contributed by atoms with van der Waals surface area (Å²) in [4.78, 5) is 37.4. The SMILES string of the molecule is CCOC(=O)C[C@H](NC(=O)Nc1c(O)cc(C)n(C)c1=O)c1cc(F)cc(-c2ccc(F)cc2F)c1. The van der Waals surface area contributed by atoms with E-state index in [2.05, 4.69) is 10.6 Å². The second-order valence-corrected chi connectivity index (χ2v) is 7.97. The molecule has 0 saturated carbocycles. The van der Waals surface area contributed by atoms with E-state index in [-0.39, 0.29) is 23.3 Å². The number of esters is 1. The lowest BCUT2D eigenvalue weighted by Crippen LogP contribution is -2.36. The standard InChI is InChI=1S/C25H24F3N3O5/c1-4-36-22(33)12-20(29-25(35)30-23-21(32)7-13(2)31(3)24(23)34)15-8-14(9-17(27)10-15)18-6-5-16(26)11-19(18)28/h5-11,20,32H,4,12H2,1-3H3,(H2,29,30,35)/t20-/m0/s1. The molecule has 8 nitrogen and oxygen atoms in total. The Morgan fingerprint density at radius 1 is 1.08 bits per heavy atom.